The third-order valence-electron chi connectivity index (χ3n) is 6.53. The van der Waals surface area contributed by atoms with Crippen LogP contribution in [0, 0.1) is 5.92 Å². The summed E-state index contributed by atoms with van der Waals surface area (Å²) in [6.07, 6.45) is 10.7. The van der Waals surface area contributed by atoms with Gasteiger partial charge in [-0.2, -0.15) is 0 Å². The van der Waals surface area contributed by atoms with Gasteiger partial charge in [-0.05, 0) is 69.1 Å². The lowest BCUT2D eigenvalue weighted by Gasteiger charge is -2.33. The first-order valence-electron chi connectivity index (χ1n) is 11.7. The van der Waals surface area contributed by atoms with Crippen molar-refractivity contribution in [1.29, 1.82) is 0 Å². The van der Waals surface area contributed by atoms with Crippen LogP contribution in [0.15, 0.2) is 47.1 Å². The van der Waals surface area contributed by atoms with Crippen molar-refractivity contribution < 1.29 is 14.0 Å². The maximum atomic E-state index is 12.9. The summed E-state index contributed by atoms with van der Waals surface area (Å²) in [7, 11) is 0. The van der Waals surface area contributed by atoms with Crippen LogP contribution in [0.2, 0.25) is 0 Å². The van der Waals surface area contributed by atoms with Crippen molar-refractivity contribution in [3.8, 4) is 0 Å². The van der Waals surface area contributed by atoms with Crippen LogP contribution >= 0.6 is 0 Å². The molecule has 2 fully saturated rings. The zero-order valence-corrected chi connectivity index (χ0v) is 18.1. The minimum absolute atomic E-state index is 0.0356. The van der Waals surface area contributed by atoms with Gasteiger partial charge in [-0.3, -0.25) is 14.5 Å². The zero-order valence-electron chi connectivity index (χ0n) is 18.1. The van der Waals surface area contributed by atoms with E-state index in [0.29, 0.717) is 17.8 Å². The topological polar surface area (TPSA) is 74.6 Å². The van der Waals surface area contributed by atoms with E-state index in [1.165, 1.54) is 25.7 Å². The lowest BCUT2D eigenvalue weighted by atomic mass is 9.88. The average Bonchev–Trinajstić information content (AvgIpc) is 3.35. The van der Waals surface area contributed by atoms with E-state index in [1.807, 2.05) is 24.3 Å². The molecule has 2 heterocycles. The molecule has 6 nitrogen and oxygen atoms in total. The van der Waals surface area contributed by atoms with Crippen LogP contribution in [0.25, 0.3) is 0 Å². The lowest BCUT2D eigenvalue weighted by Crippen LogP contribution is -2.40. The molecule has 2 aromatic rings. The quantitative estimate of drug-likeness (QED) is 0.674. The van der Waals surface area contributed by atoms with E-state index < -0.39 is 0 Å². The van der Waals surface area contributed by atoms with Gasteiger partial charge in [-0.15, -0.1) is 0 Å². The Kier molecular flexibility index (Phi) is 7.41. The zero-order chi connectivity index (χ0) is 21.5. The minimum atomic E-state index is -0.137. The van der Waals surface area contributed by atoms with Crippen molar-refractivity contribution in [2.75, 3.05) is 25.0 Å². The van der Waals surface area contributed by atoms with Crippen molar-refractivity contribution >= 4 is 17.5 Å². The van der Waals surface area contributed by atoms with Gasteiger partial charge in [-0.1, -0.05) is 31.7 Å². The van der Waals surface area contributed by atoms with E-state index in [-0.39, 0.29) is 23.8 Å². The molecule has 1 unspecified atom stereocenters. The molecule has 1 aromatic heterocycles. The van der Waals surface area contributed by atoms with E-state index in [2.05, 4.69) is 15.5 Å². The number of carbonyl (C=O) groups excluding carboxylic acids is 2. The highest BCUT2D eigenvalue weighted by molar-refractivity contribution is 5.97. The van der Waals surface area contributed by atoms with Gasteiger partial charge in [0.05, 0.1) is 12.3 Å². The fourth-order valence-electron chi connectivity index (χ4n) is 4.76. The first kappa shape index (κ1) is 21.6. The number of nitrogens with zero attached hydrogens (tertiary/aromatic N) is 1. The monoisotopic (exact) mass is 423 g/mol. The Hall–Kier alpha value is -2.60. The second-order valence-corrected chi connectivity index (χ2v) is 8.74. The summed E-state index contributed by atoms with van der Waals surface area (Å²) >= 11 is 0. The third kappa shape index (κ3) is 5.76. The number of amides is 2. The first-order chi connectivity index (χ1) is 15.2. The summed E-state index contributed by atoms with van der Waals surface area (Å²) in [5, 5.41) is 6.08. The van der Waals surface area contributed by atoms with Crippen LogP contribution < -0.4 is 10.6 Å². The number of carbonyl (C=O) groups is 2. The Balaban J connectivity index is 1.37. The Labute approximate surface area is 184 Å². The molecule has 1 saturated heterocycles. The highest BCUT2D eigenvalue weighted by Crippen LogP contribution is 2.26. The highest BCUT2D eigenvalue weighted by Gasteiger charge is 2.25. The third-order valence-corrected chi connectivity index (χ3v) is 6.53. The maximum Gasteiger partial charge on any atom is 0.251 e. The normalized spacial score (nSPS) is 19.0. The van der Waals surface area contributed by atoms with Crippen LogP contribution in [-0.2, 0) is 4.79 Å². The predicted octanol–water partition coefficient (Wildman–Crippen LogP) is 4.76. The van der Waals surface area contributed by atoms with Crippen molar-refractivity contribution in [3.63, 3.8) is 0 Å². The number of hydrogen-bond acceptors (Lipinski definition) is 4. The number of benzene rings is 1. The van der Waals surface area contributed by atoms with Crippen LogP contribution in [-0.4, -0.2) is 36.3 Å². The van der Waals surface area contributed by atoms with Gasteiger partial charge in [0.25, 0.3) is 5.91 Å². The molecule has 0 spiro atoms. The Morgan fingerprint density at radius 1 is 1.00 bits per heavy atom. The minimum Gasteiger partial charge on any atom is -0.468 e. The highest BCUT2D eigenvalue weighted by atomic mass is 16.3. The molecule has 2 N–H and O–H groups in total. The first-order valence-corrected chi connectivity index (χ1v) is 11.7. The smallest absolute Gasteiger partial charge is 0.251 e. The van der Waals surface area contributed by atoms with E-state index in [1.54, 1.807) is 18.4 Å². The van der Waals surface area contributed by atoms with Gasteiger partial charge in [0, 0.05) is 23.7 Å². The molecule has 1 atom stereocenters. The van der Waals surface area contributed by atoms with Gasteiger partial charge in [0.2, 0.25) is 5.91 Å². The molecule has 0 radical (unpaired) electrons. The molecule has 1 aliphatic carbocycles. The molecule has 1 aliphatic heterocycles. The van der Waals surface area contributed by atoms with Crippen LogP contribution in [0.4, 0.5) is 5.69 Å². The van der Waals surface area contributed by atoms with E-state index in [9.17, 15) is 9.59 Å². The molecule has 31 heavy (non-hydrogen) atoms. The SMILES string of the molecule is O=C(NCC(c1ccco1)N1CCCCC1)c1cccc(NC(=O)C2CCCCC2)c1. The molecule has 0 bridgehead atoms. The number of nitrogens with one attached hydrogen (secondary N) is 2. The van der Waals surface area contributed by atoms with Crippen molar-refractivity contribution in [1.82, 2.24) is 10.2 Å². The molecule has 6 heteroatoms. The largest absolute Gasteiger partial charge is 0.468 e. The summed E-state index contributed by atoms with van der Waals surface area (Å²) < 4.78 is 5.67. The number of piperidine rings is 1. The number of likely N-dealkylation sites (tertiary alicyclic amines) is 1. The van der Waals surface area contributed by atoms with E-state index in [0.717, 1.165) is 44.5 Å². The van der Waals surface area contributed by atoms with E-state index in [4.69, 9.17) is 4.42 Å². The number of hydrogen-bond donors (Lipinski definition) is 2. The number of furan rings is 1. The molecule has 166 valence electrons. The lowest BCUT2D eigenvalue weighted by molar-refractivity contribution is -0.120. The maximum absolute atomic E-state index is 12.9. The van der Waals surface area contributed by atoms with Crippen molar-refractivity contribution in [3.05, 3.63) is 54.0 Å². The fraction of sp³-hybridized carbons (Fsp3) is 0.520. The molecular formula is C25H33N3O3. The predicted molar refractivity (Wildman–Crippen MR) is 121 cm³/mol. The second-order valence-electron chi connectivity index (χ2n) is 8.74. The van der Waals surface area contributed by atoms with Crippen molar-refractivity contribution in [2.45, 2.75) is 57.4 Å². The van der Waals surface area contributed by atoms with Gasteiger partial charge in [0.1, 0.15) is 5.76 Å². The summed E-state index contributed by atoms with van der Waals surface area (Å²) in [5.74, 6) is 0.906. The summed E-state index contributed by atoms with van der Waals surface area (Å²) in [4.78, 5) is 27.8. The molecule has 2 amide bonds. The van der Waals surface area contributed by atoms with Gasteiger partial charge < -0.3 is 15.1 Å². The van der Waals surface area contributed by atoms with Gasteiger partial charge in [0.15, 0.2) is 0 Å². The van der Waals surface area contributed by atoms with Gasteiger partial charge >= 0.3 is 0 Å². The van der Waals surface area contributed by atoms with Crippen LogP contribution in [0.3, 0.4) is 0 Å². The Morgan fingerprint density at radius 2 is 1.77 bits per heavy atom. The van der Waals surface area contributed by atoms with Crippen molar-refractivity contribution in [2.24, 2.45) is 5.92 Å². The molecule has 2 aliphatic rings. The van der Waals surface area contributed by atoms with Gasteiger partial charge in [-0.25, -0.2) is 0 Å². The summed E-state index contributed by atoms with van der Waals surface area (Å²) in [6, 6.07) is 11.1. The molecule has 1 saturated carbocycles. The second kappa shape index (κ2) is 10.6. The summed E-state index contributed by atoms with van der Waals surface area (Å²) in [5.41, 5.74) is 1.24. The number of rotatable bonds is 7. The van der Waals surface area contributed by atoms with Crippen LogP contribution in [0.5, 0.6) is 0 Å². The van der Waals surface area contributed by atoms with Crippen LogP contribution in [0.1, 0.15) is 73.5 Å². The molecule has 1 aromatic carbocycles. The summed E-state index contributed by atoms with van der Waals surface area (Å²) in [6.45, 7) is 2.53. The molecular weight excluding hydrogens is 390 g/mol. The Bertz CT molecular complexity index is 853. The Morgan fingerprint density at radius 3 is 2.52 bits per heavy atom. The van der Waals surface area contributed by atoms with E-state index >= 15 is 0 Å². The standard InChI is InChI=1S/C25H33N3O3/c29-24(26-18-22(23-13-8-16-31-23)28-14-5-2-6-15-28)20-11-7-12-21(17-20)27-25(30)19-9-3-1-4-10-19/h7-8,11-13,16-17,19,22H,1-6,9-10,14-15,18H2,(H,26,29)(H,27,30). The average molecular weight is 424 g/mol. The molecule has 4 rings (SSSR count). The number of anilines is 1. The fourth-order valence-corrected chi connectivity index (χ4v) is 4.76.